The molecule has 8 nitrogen and oxygen atoms in total. The van der Waals surface area contributed by atoms with E-state index in [1.807, 2.05) is 0 Å². The number of halogens is 1. The molecule has 0 aliphatic heterocycles. The number of nitrogens with zero attached hydrogens (tertiary/aromatic N) is 3. The van der Waals surface area contributed by atoms with Crippen LogP contribution < -0.4 is 14.2 Å². The molecule has 0 fully saturated rings. The van der Waals surface area contributed by atoms with Crippen LogP contribution in [0.2, 0.25) is 0 Å². The fourth-order valence-corrected chi connectivity index (χ4v) is 2.94. The Balaban J connectivity index is 1.71. The van der Waals surface area contributed by atoms with E-state index in [0.29, 0.717) is 29.3 Å². The van der Waals surface area contributed by atoms with Crippen LogP contribution in [0.3, 0.4) is 0 Å². The summed E-state index contributed by atoms with van der Waals surface area (Å²) in [4.78, 5) is 18.6. The summed E-state index contributed by atoms with van der Waals surface area (Å²) >= 11 is 0. The largest absolute Gasteiger partial charge is 0.497 e. The Hall–Kier alpha value is -3.62. The Labute approximate surface area is 179 Å². The Morgan fingerprint density at radius 2 is 1.94 bits per heavy atom. The van der Waals surface area contributed by atoms with Crippen molar-refractivity contribution in [3.05, 3.63) is 54.2 Å². The van der Waals surface area contributed by atoms with Crippen molar-refractivity contribution in [2.24, 2.45) is 0 Å². The maximum atomic E-state index is 13.9. The van der Waals surface area contributed by atoms with E-state index < -0.39 is 11.9 Å². The molecule has 164 valence electrons. The Kier molecular flexibility index (Phi) is 7.07. The highest BCUT2D eigenvalue weighted by atomic mass is 19.1. The zero-order valence-corrected chi connectivity index (χ0v) is 17.8. The summed E-state index contributed by atoms with van der Waals surface area (Å²) < 4.78 is 35.3. The first-order valence-corrected chi connectivity index (χ1v) is 9.68. The van der Waals surface area contributed by atoms with E-state index in [4.69, 9.17) is 18.7 Å². The maximum Gasteiger partial charge on any atom is 0.263 e. The minimum absolute atomic E-state index is 0.0303. The van der Waals surface area contributed by atoms with Crippen LogP contribution in [-0.4, -0.2) is 48.3 Å². The number of carbonyl (C=O) groups excluding carboxylic acids is 1. The highest BCUT2D eigenvalue weighted by molar-refractivity contribution is 5.81. The van der Waals surface area contributed by atoms with Crippen molar-refractivity contribution in [2.45, 2.75) is 26.0 Å². The first kappa shape index (κ1) is 22.1. The molecule has 0 N–H and O–H groups in total. The number of carbonyl (C=O) groups is 1. The van der Waals surface area contributed by atoms with E-state index in [9.17, 15) is 9.18 Å². The van der Waals surface area contributed by atoms with Gasteiger partial charge in [-0.2, -0.15) is 4.98 Å². The van der Waals surface area contributed by atoms with Crippen LogP contribution in [0.5, 0.6) is 17.2 Å². The van der Waals surface area contributed by atoms with Crippen LogP contribution in [0.25, 0.3) is 11.4 Å². The monoisotopic (exact) mass is 429 g/mol. The average Bonchev–Trinajstić information content (AvgIpc) is 3.25. The zero-order chi connectivity index (χ0) is 22.4. The van der Waals surface area contributed by atoms with E-state index in [2.05, 4.69) is 10.1 Å². The number of aromatic nitrogens is 2. The number of amides is 1. The number of methoxy groups -OCH3 is 2. The summed E-state index contributed by atoms with van der Waals surface area (Å²) in [6.07, 6.45) is -0.471. The van der Waals surface area contributed by atoms with Crippen molar-refractivity contribution >= 4 is 5.91 Å². The van der Waals surface area contributed by atoms with Crippen LogP contribution in [-0.2, 0) is 11.3 Å². The van der Waals surface area contributed by atoms with Gasteiger partial charge in [0.25, 0.3) is 5.91 Å². The van der Waals surface area contributed by atoms with Gasteiger partial charge < -0.3 is 23.6 Å². The van der Waals surface area contributed by atoms with Gasteiger partial charge in [0.2, 0.25) is 11.7 Å². The van der Waals surface area contributed by atoms with Crippen molar-refractivity contribution in [1.82, 2.24) is 15.0 Å². The third-order valence-corrected chi connectivity index (χ3v) is 4.62. The van der Waals surface area contributed by atoms with Gasteiger partial charge in [-0.15, -0.1) is 0 Å². The molecule has 0 saturated heterocycles. The lowest BCUT2D eigenvalue weighted by atomic mass is 10.2. The highest BCUT2D eigenvalue weighted by Gasteiger charge is 2.25. The molecule has 1 atom stereocenters. The third kappa shape index (κ3) is 5.11. The zero-order valence-electron chi connectivity index (χ0n) is 17.8. The first-order chi connectivity index (χ1) is 15.0. The Morgan fingerprint density at radius 1 is 1.16 bits per heavy atom. The summed E-state index contributed by atoms with van der Waals surface area (Å²) in [5, 5.41) is 3.98. The molecule has 31 heavy (non-hydrogen) atoms. The van der Waals surface area contributed by atoms with Crippen molar-refractivity contribution in [3.63, 3.8) is 0 Å². The molecular weight excluding hydrogens is 405 g/mol. The molecule has 1 aromatic heterocycles. The van der Waals surface area contributed by atoms with Crippen molar-refractivity contribution in [3.8, 4) is 28.6 Å². The summed E-state index contributed by atoms with van der Waals surface area (Å²) in [5.74, 6) is 0.909. The molecule has 0 aliphatic carbocycles. The van der Waals surface area contributed by atoms with Crippen LogP contribution in [0.4, 0.5) is 4.39 Å². The second-order valence-corrected chi connectivity index (χ2v) is 6.72. The van der Waals surface area contributed by atoms with E-state index in [1.165, 1.54) is 24.1 Å². The van der Waals surface area contributed by atoms with Gasteiger partial charge >= 0.3 is 0 Å². The third-order valence-electron chi connectivity index (χ3n) is 4.62. The summed E-state index contributed by atoms with van der Waals surface area (Å²) in [6, 6.07) is 11.2. The number of hydrogen-bond donors (Lipinski definition) is 0. The molecule has 1 unspecified atom stereocenters. The lowest BCUT2D eigenvalue weighted by Crippen LogP contribution is -2.39. The predicted molar refractivity (Wildman–Crippen MR) is 110 cm³/mol. The van der Waals surface area contributed by atoms with Crippen molar-refractivity contribution in [2.75, 3.05) is 21.3 Å². The summed E-state index contributed by atoms with van der Waals surface area (Å²) in [6.45, 7) is 1.86. The second-order valence-electron chi connectivity index (χ2n) is 6.72. The van der Waals surface area contributed by atoms with Gasteiger partial charge in [-0.05, 0) is 30.7 Å². The molecule has 0 spiro atoms. The molecule has 0 aliphatic rings. The fourth-order valence-electron chi connectivity index (χ4n) is 2.94. The average molecular weight is 429 g/mol. The number of likely N-dealkylation sites (N-methyl/N-ethyl adjacent to an activating group) is 1. The highest BCUT2D eigenvalue weighted by Crippen LogP contribution is 2.31. The molecule has 0 radical (unpaired) electrons. The van der Waals surface area contributed by atoms with Crippen LogP contribution in [0.1, 0.15) is 19.2 Å². The number of benzene rings is 2. The van der Waals surface area contributed by atoms with Crippen LogP contribution in [0.15, 0.2) is 47.0 Å². The van der Waals surface area contributed by atoms with Crippen LogP contribution >= 0.6 is 0 Å². The minimum Gasteiger partial charge on any atom is -0.497 e. The van der Waals surface area contributed by atoms with Crippen molar-refractivity contribution in [1.29, 1.82) is 0 Å². The van der Waals surface area contributed by atoms with Gasteiger partial charge in [-0.1, -0.05) is 24.2 Å². The van der Waals surface area contributed by atoms with Gasteiger partial charge in [-0.3, -0.25) is 4.79 Å². The van der Waals surface area contributed by atoms with Gasteiger partial charge in [0, 0.05) is 13.1 Å². The topological polar surface area (TPSA) is 86.9 Å². The standard InChI is InChI=1S/C22H24FN3O5/c1-5-17(30-18-9-7-6-8-16(18)23)22(27)26(2)13-20-24-21(25-31-20)15-11-10-14(28-3)12-19(15)29-4/h6-12,17H,5,13H2,1-4H3. The quantitative estimate of drug-likeness (QED) is 0.512. The van der Waals surface area contributed by atoms with E-state index in [-0.39, 0.29) is 24.1 Å². The SMILES string of the molecule is CCC(Oc1ccccc1F)C(=O)N(C)Cc1nc(-c2ccc(OC)cc2OC)no1. The summed E-state index contributed by atoms with van der Waals surface area (Å²) in [5.41, 5.74) is 0.626. The molecule has 0 saturated carbocycles. The molecule has 3 rings (SSSR count). The molecule has 9 heteroatoms. The number of para-hydroxylation sites is 1. The van der Waals surface area contributed by atoms with Crippen molar-refractivity contribution < 1.29 is 27.9 Å². The normalized spacial score (nSPS) is 11.6. The van der Waals surface area contributed by atoms with E-state index in [1.54, 1.807) is 51.4 Å². The molecule has 1 amide bonds. The van der Waals surface area contributed by atoms with Gasteiger partial charge in [0.1, 0.15) is 11.5 Å². The number of rotatable bonds is 9. The maximum absolute atomic E-state index is 13.9. The lowest BCUT2D eigenvalue weighted by Gasteiger charge is -2.22. The molecule has 1 heterocycles. The smallest absolute Gasteiger partial charge is 0.263 e. The molecule has 0 bridgehead atoms. The number of ether oxygens (including phenoxy) is 3. The van der Waals surface area contributed by atoms with Gasteiger partial charge in [0.15, 0.2) is 17.7 Å². The Bertz CT molecular complexity index is 1040. The minimum atomic E-state index is -0.842. The Morgan fingerprint density at radius 3 is 2.61 bits per heavy atom. The molecular formula is C22H24FN3O5. The molecule has 2 aromatic carbocycles. The number of hydrogen-bond acceptors (Lipinski definition) is 7. The van der Waals surface area contributed by atoms with E-state index >= 15 is 0 Å². The van der Waals surface area contributed by atoms with Gasteiger partial charge in [0.05, 0.1) is 26.3 Å². The van der Waals surface area contributed by atoms with Gasteiger partial charge in [-0.25, -0.2) is 4.39 Å². The predicted octanol–water partition coefficient (Wildman–Crippen LogP) is 3.71. The second kappa shape index (κ2) is 9.92. The van der Waals surface area contributed by atoms with Crippen LogP contribution in [0, 0.1) is 5.82 Å². The molecule has 3 aromatic rings. The summed E-state index contributed by atoms with van der Waals surface area (Å²) in [7, 11) is 4.69. The first-order valence-electron chi connectivity index (χ1n) is 9.68. The fraction of sp³-hybridized carbons (Fsp3) is 0.318. The lowest BCUT2D eigenvalue weighted by molar-refractivity contribution is -0.138. The van der Waals surface area contributed by atoms with E-state index in [0.717, 1.165) is 0 Å².